The normalized spacial score (nSPS) is 10.1. The zero-order valence-corrected chi connectivity index (χ0v) is 12.8. The molecular weight excluding hydrogens is 270 g/mol. The van der Waals surface area contributed by atoms with Crippen molar-refractivity contribution >= 4 is 23.1 Å². The Bertz CT molecular complexity index is 617. The third-order valence-electron chi connectivity index (χ3n) is 2.85. The molecule has 98 valence electrons. The molecule has 1 nitrogen and oxygen atoms in total. The van der Waals surface area contributed by atoms with Gasteiger partial charge >= 0.3 is 0 Å². The van der Waals surface area contributed by atoms with Gasteiger partial charge in [-0.15, -0.1) is 23.1 Å². The zero-order valence-electron chi connectivity index (χ0n) is 11.2. The highest BCUT2D eigenvalue weighted by Gasteiger charge is 2.01. The van der Waals surface area contributed by atoms with E-state index < -0.39 is 0 Å². The molecule has 1 aromatic heterocycles. The minimum Gasteiger partial charge on any atom is -0.320 e. The van der Waals surface area contributed by atoms with E-state index in [1.807, 2.05) is 11.8 Å². The second kappa shape index (κ2) is 6.81. The second-order valence-corrected chi connectivity index (χ2v) is 6.39. The van der Waals surface area contributed by atoms with E-state index >= 15 is 0 Å². The molecule has 0 amide bonds. The van der Waals surface area contributed by atoms with Crippen molar-refractivity contribution in [1.29, 1.82) is 0 Å². The van der Waals surface area contributed by atoms with Gasteiger partial charge in [0.25, 0.3) is 0 Å². The minimum atomic E-state index is 0.419. The largest absolute Gasteiger partial charge is 0.320 e. The number of rotatable bonds is 3. The van der Waals surface area contributed by atoms with Crippen LogP contribution in [-0.2, 0) is 5.75 Å². The van der Waals surface area contributed by atoms with Crippen LogP contribution in [-0.4, -0.2) is 6.54 Å². The monoisotopic (exact) mass is 287 g/mol. The third kappa shape index (κ3) is 4.14. The quantitative estimate of drug-likeness (QED) is 0.683. The number of hydrogen-bond acceptors (Lipinski definition) is 3. The highest BCUT2D eigenvalue weighted by molar-refractivity contribution is 7.98. The summed E-state index contributed by atoms with van der Waals surface area (Å²) in [5, 5.41) is 2.10. The van der Waals surface area contributed by atoms with Gasteiger partial charge in [-0.2, -0.15) is 0 Å². The molecule has 0 bridgehead atoms. The van der Waals surface area contributed by atoms with Gasteiger partial charge in [0, 0.05) is 26.5 Å². The molecule has 0 unspecified atom stereocenters. The van der Waals surface area contributed by atoms with Gasteiger partial charge in [-0.25, -0.2) is 0 Å². The number of thioether (sulfide) groups is 1. The van der Waals surface area contributed by atoms with Crippen LogP contribution in [0.3, 0.4) is 0 Å². The minimum absolute atomic E-state index is 0.419. The van der Waals surface area contributed by atoms with Crippen LogP contribution in [0, 0.1) is 25.7 Å². The van der Waals surface area contributed by atoms with Gasteiger partial charge in [0.2, 0.25) is 0 Å². The van der Waals surface area contributed by atoms with Gasteiger partial charge in [0.05, 0.1) is 6.54 Å². The summed E-state index contributed by atoms with van der Waals surface area (Å²) in [6, 6.07) is 8.78. The van der Waals surface area contributed by atoms with Crippen LogP contribution in [0.5, 0.6) is 0 Å². The Labute approximate surface area is 123 Å². The fourth-order valence-corrected chi connectivity index (χ4v) is 3.50. The molecule has 0 spiro atoms. The molecule has 1 heterocycles. The zero-order chi connectivity index (χ0) is 13.7. The summed E-state index contributed by atoms with van der Waals surface area (Å²) < 4.78 is 0. The van der Waals surface area contributed by atoms with E-state index in [1.165, 1.54) is 20.9 Å². The van der Waals surface area contributed by atoms with Gasteiger partial charge < -0.3 is 5.73 Å². The van der Waals surface area contributed by atoms with Gasteiger partial charge in [0.1, 0.15) is 0 Å². The number of nitrogens with two attached hydrogens (primary N) is 1. The summed E-state index contributed by atoms with van der Waals surface area (Å²) in [6.45, 7) is 4.72. The van der Waals surface area contributed by atoms with Crippen molar-refractivity contribution in [2.75, 3.05) is 6.54 Å². The maximum atomic E-state index is 5.37. The SMILES string of the molecule is Cc1ccc(SCc2cc(C#CCN)cs2)cc1C. The van der Waals surface area contributed by atoms with E-state index in [1.54, 1.807) is 11.3 Å². The number of benzene rings is 1. The predicted octanol–water partition coefficient (Wildman–Crippen LogP) is 3.97. The Morgan fingerprint density at radius 2 is 2.05 bits per heavy atom. The molecule has 0 saturated heterocycles. The van der Waals surface area contributed by atoms with Gasteiger partial charge in [-0.05, 0) is 43.2 Å². The lowest BCUT2D eigenvalue weighted by atomic mass is 10.1. The van der Waals surface area contributed by atoms with Crippen LogP contribution in [0.2, 0.25) is 0 Å². The molecular formula is C16H17NS2. The van der Waals surface area contributed by atoms with Crippen LogP contribution in [0.15, 0.2) is 34.5 Å². The first-order valence-electron chi connectivity index (χ1n) is 6.15. The molecule has 0 saturated carbocycles. The number of thiophene rings is 1. The van der Waals surface area contributed by atoms with Crippen molar-refractivity contribution in [3.63, 3.8) is 0 Å². The molecule has 1 aromatic carbocycles. The molecule has 0 fully saturated rings. The van der Waals surface area contributed by atoms with Crippen molar-refractivity contribution < 1.29 is 0 Å². The van der Waals surface area contributed by atoms with Crippen molar-refractivity contribution in [2.45, 2.75) is 24.5 Å². The highest BCUT2D eigenvalue weighted by Crippen LogP contribution is 2.27. The Hall–Kier alpha value is -1.21. The number of aryl methyl sites for hydroxylation is 2. The van der Waals surface area contributed by atoms with E-state index in [9.17, 15) is 0 Å². The average Bonchev–Trinajstić information content (AvgIpc) is 2.86. The first-order valence-corrected chi connectivity index (χ1v) is 8.02. The summed E-state index contributed by atoms with van der Waals surface area (Å²) in [7, 11) is 0. The standard InChI is InChI=1S/C16H17NS2/c1-12-5-6-15(8-13(12)2)19-11-16-9-14(10-18-16)4-3-7-17/h5-6,8-10H,7,11,17H2,1-2H3. The molecule has 0 atom stereocenters. The van der Waals surface area contributed by atoms with E-state index in [0.29, 0.717) is 6.54 Å². The molecule has 0 radical (unpaired) electrons. The lowest BCUT2D eigenvalue weighted by Crippen LogP contribution is -1.92. The molecule has 2 rings (SSSR count). The molecule has 2 aromatic rings. The van der Waals surface area contributed by atoms with Crippen molar-refractivity contribution in [3.05, 3.63) is 51.2 Å². The summed E-state index contributed by atoms with van der Waals surface area (Å²) >= 11 is 3.63. The van der Waals surface area contributed by atoms with E-state index in [2.05, 4.69) is 55.3 Å². The molecule has 2 N–H and O–H groups in total. The maximum Gasteiger partial charge on any atom is 0.0555 e. The number of hydrogen-bond donors (Lipinski definition) is 1. The van der Waals surface area contributed by atoms with Crippen LogP contribution in [0.25, 0.3) is 0 Å². The topological polar surface area (TPSA) is 26.0 Å². The summed E-state index contributed by atoms with van der Waals surface area (Å²) in [5.74, 6) is 6.95. The molecule has 3 heteroatoms. The Morgan fingerprint density at radius 1 is 1.21 bits per heavy atom. The van der Waals surface area contributed by atoms with Crippen molar-refractivity contribution in [1.82, 2.24) is 0 Å². The smallest absolute Gasteiger partial charge is 0.0555 e. The molecule has 19 heavy (non-hydrogen) atoms. The van der Waals surface area contributed by atoms with E-state index in [4.69, 9.17) is 5.73 Å². The highest BCUT2D eigenvalue weighted by atomic mass is 32.2. The first kappa shape index (κ1) is 14.2. The Balaban J connectivity index is 1.98. The van der Waals surface area contributed by atoms with Crippen LogP contribution >= 0.6 is 23.1 Å². The fraction of sp³-hybridized carbons (Fsp3) is 0.250. The molecule has 0 aliphatic carbocycles. The average molecular weight is 287 g/mol. The third-order valence-corrected chi connectivity index (χ3v) is 5.01. The first-order chi connectivity index (χ1) is 9.19. The lowest BCUT2D eigenvalue weighted by Gasteiger charge is -2.03. The molecule has 0 aliphatic rings. The fourth-order valence-electron chi connectivity index (χ4n) is 1.63. The Morgan fingerprint density at radius 3 is 2.79 bits per heavy atom. The van der Waals surface area contributed by atoms with Crippen LogP contribution < -0.4 is 5.73 Å². The molecule has 0 aliphatic heterocycles. The van der Waals surface area contributed by atoms with Gasteiger partial charge in [-0.1, -0.05) is 17.9 Å². The van der Waals surface area contributed by atoms with Crippen LogP contribution in [0.1, 0.15) is 21.6 Å². The maximum absolute atomic E-state index is 5.37. The lowest BCUT2D eigenvalue weighted by molar-refractivity contribution is 1.27. The van der Waals surface area contributed by atoms with E-state index in [0.717, 1.165) is 11.3 Å². The summed E-state index contributed by atoms with van der Waals surface area (Å²) in [5.41, 5.74) is 9.14. The summed E-state index contributed by atoms with van der Waals surface area (Å²) in [4.78, 5) is 2.68. The van der Waals surface area contributed by atoms with Crippen LogP contribution in [0.4, 0.5) is 0 Å². The predicted molar refractivity (Wildman–Crippen MR) is 85.7 cm³/mol. The van der Waals surface area contributed by atoms with Crippen molar-refractivity contribution in [2.24, 2.45) is 5.73 Å². The van der Waals surface area contributed by atoms with Gasteiger partial charge in [-0.3, -0.25) is 0 Å². The summed E-state index contributed by atoms with van der Waals surface area (Å²) in [6.07, 6.45) is 0. The van der Waals surface area contributed by atoms with Gasteiger partial charge in [0.15, 0.2) is 0 Å². The van der Waals surface area contributed by atoms with Crippen molar-refractivity contribution in [3.8, 4) is 11.8 Å². The Kier molecular flexibility index (Phi) is 5.09. The van der Waals surface area contributed by atoms with E-state index in [-0.39, 0.29) is 0 Å². The second-order valence-electron chi connectivity index (χ2n) is 4.34.